The second-order valence-corrected chi connectivity index (χ2v) is 5.21. The Labute approximate surface area is 111 Å². The Bertz CT molecular complexity index is 356. The molecule has 0 spiro atoms. The van der Waals surface area contributed by atoms with Crippen molar-refractivity contribution in [2.45, 2.75) is 59.2 Å². The van der Waals surface area contributed by atoms with Crippen molar-refractivity contribution in [3.05, 3.63) is 18.2 Å². The number of rotatable bonds is 7. The van der Waals surface area contributed by atoms with E-state index in [4.69, 9.17) is 0 Å². The largest absolute Gasteiger partial charge is 0.383 e. The van der Waals surface area contributed by atoms with Crippen LogP contribution < -0.4 is 0 Å². The zero-order valence-corrected chi connectivity index (χ0v) is 12.3. The number of aliphatic hydroxyl groups is 1. The second kappa shape index (κ2) is 6.34. The van der Waals surface area contributed by atoms with Crippen LogP contribution in [0.1, 0.15) is 53.0 Å². The molecule has 0 aliphatic rings. The number of hydrogen-bond donors (Lipinski definition) is 1. The molecule has 0 fully saturated rings. The van der Waals surface area contributed by atoms with E-state index in [9.17, 15) is 5.11 Å². The summed E-state index contributed by atoms with van der Waals surface area (Å²) in [5.41, 5.74) is -0.305. The Morgan fingerprint density at radius 2 is 1.94 bits per heavy atom. The number of hydrogen-bond acceptors (Lipinski definition) is 3. The standard InChI is InChI=1S/C14H27N3O/c1-6-10-16-11-9-15-13(16)12(18)14(4,5)17(7-2)8-3/h9,11-12,18H,6-8,10H2,1-5H3. The summed E-state index contributed by atoms with van der Waals surface area (Å²) in [4.78, 5) is 6.60. The number of aryl methyl sites for hydroxylation is 1. The molecule has 0 aliphatic heterocycles. The van der Waals surface area contributed by atoms with Crippen molar-refractivity contribution in [2.24, 2.45) is 0 Å². The van der Waals surface area contributed by atoms with Gasteiger partial charge in [-0.3, -0.25) is 4.90 Å². The van der Waals surface area contributed by atoms with Crippen LogP contribution >= 0.6 is 0 Å². The molecule has 1 N–H and O–H groups in total. The van der Waals surface area contributed by atoms with Gasteiger partial charge in [0.05, 0.1) is 0 Å². The SMILES string of the molecule is CCCn1ccnc1C(O)C(C)(C)N(CC)CC. The Kier molecular flexibility index (Phi) is 5.35. The molecule has 1 atom stereocenters. The van der Waals surface area contributed by atoms with Gasteiger partial charge < -0.3 is 9.67 Å². The molecule has 0 aromatic carbocycles. The van der Waals surface area contributed by atoms with Gasteiger partial charge in [-0.2, -0.15) is 0 Å². The van der Waals surface area contributed by atoms with Crippen molar-refractivity contribution >= 4 is 0 Å². The summed E-state index contributed by atoms with van der Waals surface area (Å²) >= 11 is 0. The van der Waals surface area contributed by atoms with Gasteiger partial charge in [0.15, 0.2) is 0 Å². The molecule has 104 valence electrons. The number of aliphatic hydroxyl groups excluding tert-OH is 1. The summed E-state index contributed by atoms with van der Waals surface area (Å²) in [5.74, 6) is 0.772. The average Bonchev–Trinajstić information content (AvgIpc) is 2.78. The lowest BCUT2D eigenvalue weighted by Crippen LogP contribution is -2.48. The van der Waals surface area contributed by atoms with Crippen molar-refractivity contribution in [3.8, 4) is 0 Å². The van der Waals surface area contributed by atoms with Crippen molar-refractivity contribution in [1.82, 2.24) is 14.5 Å². The third kappa shape index (κ3) is 2.93. The monoisotopic (exact) mass is 253 g/mol. The van der Waals surface area contributed by atoms with E-state index in [1.165, 1.54) is 0 Å². The zero-order valence-electron chi connectivity index (χ0n) is 12.3. The van der Waals surface area contributed by atoms with Crippen molar-refractivity contribution in [2.75, 3.05) is 13.1 Å². The maximum atomic E-state index is 10.7. The molecule has 1 unspecified atom stereocenters. The summed E-state index contributed by atoms with van der Waals surface area (Å²) in [6, 6.07) is 0. The van der Waals surface area contributed by atoms with Gasteiger partial charge in [-0.1, -0.05) is 20.8 Å². The fourth-order valence-electron chi connectivity index (χ4n) is 2.53. The zero-order chi connectivity index (χ0) is 13.8. The van der Waals surface area contributed by atoms with E-state index in [0.717, 1.165) is 31.9 Å². The van der Waals surface area contributed by atoms with Crippen molar-refractivity contribution in [1.29, 1.82) is 0 Å². The number of nitrogens with zero attached hydrogens (tertiary/aromatic N) is 3. The minimum absolute atomic E-state index is 0.305. The minimum atomic E-state index is -0.570. The van der Waals surface area contributed by atoms with Gasteiger partial charge in [0, 0.05) is 24.5 Å². The number of likely N-dealkylation sites (N-methyl/N-ethyl adjacent to an activating group) is 1. The average molecular weight is 253 g/mol. The Hall–Kier alpha value is -0.870. The predicted molar refractivity (Wildman–Crippen MR) is 74.5 cm³/mol. The maximum absolute atomic E-state index is 10.7. The van der Waals surface area contributed by atoms with Crippen LogP contribution in [0.4, 0.5) is 0 Å². The van der Waals surface area contributed by atoms with Crippen LogP contribution in [0.2, 0.25) is 0 Å². The molecule has 18 heavy (non-hydrogen) atoms. The first-order chi connectivity index (χ1) is 8.48. The molecule has 1 aromatic heterocycles. The highest BCUT2D eigenvalue weighted by atomic mass is 16.3. The first-order valence-corrected chi connectivity index (χ1v) is 6.93. The highest BCUT2D eigenvalue weighted by Gasteiger charge is 2.36. The number of imidazole rings is 1. The number of aromatic nitrogens is 2. The molecule has 0 bridgehead atoms. The van der Waals surface area contributed by atoms with E-state index in [-0.39, 0.29) is 5.54 Å². The summed E-state index contributed by atoms with van der Waals surface area (Å²) in [7, 11) is 0. The molecule has 1 heterocycles. The van der Waals surface area contributed by atoms with E-state index in [2.05, 4.69) is 49.1 Å². The van der Waals surface area contributed by atoms with Crippen LogP contribution in [0.15, 0.2) is 12.4 Å². The molecule has 0 aliphatic carbocycles. The van der Waals surface area contributed by atoms with Gasteiger partial charge in [0.1, 0.15) is 11.9 Å². The van der Waals surface area contributed by atoms with Crippen LogP contribution in [0.5, 0.6) is 0 Å². The van der Waals surface area contributed by atoms with Crippen LogP contribution in [-0.2, 0) is 6.54 Å². The minimum Gasteiger partial charge on any atom is -0.383 e. The lowest BCUT2D eigenvalue weighted by Gasteiger charge is -2.40. The molecule has 4 heteroatoms. The van der Waals surface area contributed by atoms with Crippen LogP contribution in [-0.4, -0.2) is 38.2 Å². The fraction of sp³-hybridized carbons (Fsp3) is 0.786. The molecular formula is C14H27N3O. The Morgan fingerprint density at radius 3 is 2.44 bits per heavy atom. The van der Waals surface area contributed by atoms with E-state index in [1.807, 2.05) is 6.20 Å². The lowest BCUT2D eigenvalue weighted by molar-refractivity contribution is -0.0131. The van der Waals surface area contributed by atoms with E-state index in [0.29, 0.717) is 0 Å². The topological polar surface area (TPSA) is 41.3 Å². The lowest BCUT2D eigenvalue weighted by atomic mass is 9.94. The normalized spacial score (nSPS) is 14.2. The molecule has 0 radical (unpaired) electrons. The van der Waals surface area contributed by atoms with Gasteiger partial charge >= 0.3 is 0 Å². The molecule has 0 saturated carbocycles. The van der Waals surface area contributed by atoms with Gasteiger partial charge in [0.25, 0.3) is 0 Å². The third-order valence-corrected chi connectivity index (χ3v) is 3.70. The molecule has 1 aromatic rings. The Balaban J connectivity index is 2.97. The summed E-state index contributed by atoms with van der Waals surface area (Å²) < 4.78 is 2.05. The molecular weight excluding hydrogens is 226 g/mol. The van der Waals surface area contributed by atoms with Crippen molar-refractivity contribution < 1.29 is 5.11 Å². The van der Waals surface area contributed by atoms with Crippen LogP contribution in [0, 0.1) is 0 Å². The summed E-state index contributed by atoms with van der Waals surface area (Å²) in [5, 5.41) is 10.7. The maximum Gasteiger partial charge on any atom is 0.139 e. The quantitative estimate of drug-likeness (QED) is 0.811. The smallest absolute Gasteiger partial charge is 0.139 e. The summed E-state index contributed by atoms with van der Waals surface area (Å²) in [6.45, 7) is 13.3. The van der Waals surface area contributed by atoms with Crippen molar-refractivity contribution in [3.63, 3.8) is 0 Å². The Morgan fingerprint density at radius 1 is 1.33 bits per heavy atom. The van der Waals surface area contributed by atoms with E-state index in [1.54, 1.807) is 6.20 Å². The molecule has 0 saturated heterocycles. The fourth-order valence-corrected chi connectivity index (χ4v) is 2.53. The van der Waals surface area contributed by atoms with Gasteiger partial charge in [-0.05, 0) is 33.4 Å². The van der Waals surface area contributed by atoms with E-state index < -0.39 is 6.10 Å². The summed E-state index contributed by atoms with van der Waals surface area (Å²) in [6.07, 6.45) is 4.19. The van der Waals surface area contributed by atoms with E-state index >= 15 is 0 Å². The molecule has 1 rings (SSSR count). The van der Waals surface area contributed by atoms with Crippen LogP contribution in [0.3, 0.4) is 0 Å². The second-order valence-electron chi connectivity index (χ2n) is 5.21. The first-order valence-electron chi connectivity index (χ1n) is 6.93. The predicted octanol–water partition coefficient (Wildman–Crippen LogP) is 2.45. The molecule has 0 amide bonds. The van der Waals surface area contributed by atoms with Gasteiger partial charge in [-0.15, -0.1) is 0 Å². The van der Waals surface area contributed by atoms with Crippen LogP contribution in [0.25, 0.3) is 0 Å². The third-order valence-electron chi connectivity index (χ3n) is 3.70. The first kappa shape index (κ1) is 15.2. The highest BCUT2D eigenvalue weighted by molar-refractivity contribution is 5.05. The molecule has 4 nitrogen and oxygen atoms in total. The van der Waals surface area contributed by atoms with Gasteiger partial charge in [0.2, 0.25) is 0 Å². The van der Waals surface area contributed by atoms with Gasteiger partial charge in [-0.25, -0.2) is 4.98 Å². The highest BCUT2D eigenvalue weighted by Crippen LogP contribution is 2.30.